The molecule has 66 valence electrons. The molecule has 1 aliphatic carbocycles. The molecule has 2 heteroatoms. The molecule has 1 aliphatic rings. The number of nitrogens with zero attached hydrogens (tertiary/aromatic N) is 1. The zero-order valence-electron chi connectivity index (χ0n) is 7.73. The first-order chi connectivity index (χ1) is 5.08. The van der Waals surface area contributed by atoms with Gasteiger partial charge in [0, 0.05) is 10.5 Å². The summed E-state index contributed by atoms with van der Waals surface area (Å²) in [7, 11) is 2.26. The van der Waals surface area contributed by atoms with E-state index >= 15 is 0 Å². The highest BCUT2D eigenvalue weighted by molar-refractivity contribution is 14.1. The van der Waals surface area contributed by atoms with Crippen LogP contribution < -0.4 is 0 Å². The fourth-order valence-corrected chi connectivity index (χ4v) is 2.00. The van der Waals surface area contributed by atoms with Crippen molar-refractivity contribution >= 4 is 22.6 Å². The highest BCUT2D eigenvalue weighted by atomic mass is 127. The van der Waals surface area contributed by atoms with Crippen molar-refractivity contribution in [3.63, 3.8) is 0 Å². The van der Waals surface area contributed by atoms with Crippen LogP contribution in [-0.2, 0) is 0 Å². The standard InChI is InChI=1S/C9H18IN/c1-9(2)7-8(9)11(3)6-4-5-10/h8H,4-7H2,1-3H3. The average molecular weight is 267 g/mol. The van der Waals surface area contributed by atoms with Crippen molar-refractivity contribution in [2.75, 3.05) is 18.0 Å². The molecule has 0 aromatic heterocycles. The molecule has 0 bridgehead atoms. The maximum atomic E-state index is 2.51. The van der Waals surface area contributed by atoms with Crippen molar-refractivity contribution in [3.8, 4) is 0 Å². The largest absolute Gasteiger partial charge is 0.303 e. The summed E-state index contributed by atoms with van der Waals surface area (Å²) in [5, 5.41) is 0. The van der Waals surface area contributed by atoms with Gasteiger partial charge in [-0.25, -0.2) is 0 Å². The van der Waals surface area contributed by atoms with E-state index in [-0.39, 0.29) is 0 Å². The molecule has 0 heterocycles. The number of hydrogen-bond acceptors (Lipinski definition) is 1. The van der Waals surface area contributed by atoms with Crippen LogP contribution in [0.25, 0.3) is 0 Å². The molecule has 1 fully saturated rings. The zero-order chi connectivity index (χ0) is 8.48. The summed E-state index contributed by atoms with van der Waals surface area (Å²) in [5.74, 6) is 0. The smallest absolute Gasteiger partial charge is 0.0150 e. The van der Waals surface area contributed by atoms with Crippen molar-refractivity contribution in [3.05, 3.63) is 0 Å². The van der Waals surface area contributed by atoms with Gasteiger partial charge in [-0.2, -0.15) is 0 Å². The van der Waals surface area contributed by atoms with Crippen molar-refractivity contribution in [2.24, 2.45) is 5.41 Å². The van der Waals surface area contributed by atoms with Crippen LogP contribution in [0.1, 0.15) is 26.7 Å². The van der Waals surface area contributed by atoms with Crippen LogP contribution in [0.2, 0.25) is 0 Å². The lowest BCUT2D eigenvalue weighted by molar-refractivity contribution is 0.289. The lowest BCUT2D eigenvalue weighted by Gasteiger charge is -2.17. The van der Waals surface area contributed by atoms with E-state index in [1.54, 1.807) is 0 Å². The molecule has 0 aliphatic heterocycles. The Hall–Kier alpha value is 0.690. The summed E-state index contributed by atoms with van der Waals surface area (Å²) >= 11 is 2.45. The maximum absolute atomic E-state index is 2.51. The van der Waals surface area contributed by atoms with Crippen molar-refractivity contribution < 1.29 is 0 Å². The lowest BCUT2D eigenvalue weighted by atomic mass is 10.2. The predicted octanol–water partition coefficient (Wildman–Crippen LogP) is 2.54. The first kappa shape index (κ1) is 9.78. The Morgan fingerprint density at radius 1 is 1.55 bits per heavy atom. The molecule has 0 saturated heterocycles. The van der Waals surface area contributed by atoms with E-state index in [1.807, 2.05) is 0 Å². The number of halogens is 1. The minimum absolute atomic E-state index is 0.611. The Labute approximate surface area is 83.7 Å². The van der Waals surface area contributed by atoms with Crippen molar-refractivity contribution in [1.29, 1.82) is 0 Å². The molecule has 0 spiro atoms. The van der Waals surface area contributed by atoms with Gasteiger partial charge in [-0.3, -0.25) is 0 Å². The van der Waals surface area contributed by atoms with Gasteiger partial charge >= 0.3 is 0 Å². The van der Waals surface area contributed by atoms with Gasteiger partial charge in [-0.15, -0.1) is 0 Å². The molecular weight excluding hydrogens is 249 g/mol. The fourth-order valence-electron chi connectivity index (χ4n) is 1.66. The second kappa shape index (κ2) is 3.60. The minimum atomic E-state index is 0.611. The quantitative estimate of drug-likeness (QED) is 0.559. The summed E-state index contributed by atoms with van der Waals surface area (Å²) in [6.07, 6.45) is 2.73. The molecule has 1 nitrogen and oxygen atoms in total. The Kier molecular flexibility index (Phi) is 3.20. The molecule has 0 N–H and O–H groups in total. The van der Waals surface area contributed by atoms with Crippen LogP contribution in [0, 0.1) is 5.41 Å². The highest BCUT2D eigenvalue weighted by Gasteiger charge is 2.47. The third-order valence-electron chi connectivity index (χ3n) is 2.64. The number of hydrogen-bond donors (Lipinski definition) is 0. The van der Waals surface area contributed by atoms with E-state index in [0.29, 0.717) is 5.41 Å². The Balaban J connectivity index is 2.17. The molecule has 1 atom stereocenters. The van der Waals surface area contributed by atoms with E-state index in [0.717, 1.165) is 6.04 Å². The third-order valence-corrected chi connectivity index (χ3v) is 3.40. The van der Waals surface area contributed by atoms with Crippen molar-refractivity contribution in [1.82, 2.24) is 4.90 Å². The maximum Gasteiger partial charge on any atom is 0.0150 e. The summed E-state index contributed by atoms with van der Waals surface area (Å²) in [4.78, 5) is 2.51. The monoisotopic (exact) mass is 267 g/mol. The topological polar surface area (TPSA) is 3.24 Å². The van der Waals surface area contributed by atoms with Crippen LogP contribution in [0.4, 0.5) is 0 Å². The van der Waals surface area contributed by atoms with E-state index in [4.69, 9.17) is 0 Å². The summed E-state index contributed by atoms with van der Waals surface area (Å²) < 4.78 is 1.29. The Morgan fingerprint density at radius 2 is 2.09 bits per heavy atom. The molecule has 0 amide bonds. The minimum Gasteiger partial charge on any atom is -0.303 e. The predicted molar refractivity (Wildman–Crippen MR) is 58.3 cm³/mol. The van der Waals surface area contributed by atoms with Gasteiger partial charge in [0.1, 0.15) is 0 Å². The van der Waals surface area contributed by atoms with Crippen LogP contribution in [0.15, 0.2) is 0 Å². The highest BCUT2D eigenvalue weighted by Crippen LogP contribution is 2.47. The van der Waals surface area contributed by atoms with Crippen LogP contribution in [-0.4, -0.2) is 29.0 Å². The van der Waals surface area contributed by atoms with Gasteiger partial charge in [0.05, 0.1) is 0 Å². The van der Waals surface area contributed by atoms with Crippen molar-refractivity contribution in [2.45, 2.75) is 32.7 Å². The van der Waals surface area contributed by atoms with Crippen LogP contribution in [0.5, 0.6) is 0 Å². The lowest BCUT2D eigenvalue weighted by Crippen LogP contribution is -2.25. The van der Waals surface area contributed by atoms with Crippen LogP contribution in [0.3, 0.4) is 0 Å². The Bertz CT molecular complexity index is 134. The van der Waals surface area contributed by atoms with Gasteiger partial charge < -0.3 is 4.90 Å². The SMILES string of the molecule is CN(CCCI)C1CC1(C)C. The first-order valence-corrected chi connectivity index (χ1v) is 5.86. The van der Waals surface area contributed by atoms with E-state index in [9.17, 15) is 0 Å². The molecule has 0 aromatic rings. The molecule has 1 saturated carbocycles. The van der Waals surface area contributed by atoms with Gasteiger partial charge in [0.2, 0.25) is 0 Å². The number of alkyl halides is 1. The van der Waals surface area contributed by atoms with Gasteiger partial charge in [0.25, 0.3) is 0 Å². The van der Waals surface area contributed by atoms with Crippen LogP contribution >= 0.6 is 22.6 Å². The third kappa shape index (κ3) is 2.58. The van der Waals surface area contributed by atoms with E-state index < -0.39 is 0 Å². The molecule has 0 aromatic carbocycles. The molecule has 0 radical (unpaired) electrons. The second-order valence-corrected chi connectivity index (χ2v) is 5.31. The zero-order valence-corrected chi connectivity index (χ0v) is 9.89. The fraction of sp³-hybridized carbons (Fsp3) is 1.00. The summed E-state index contributed by atoms with van der Waals surface area (Å²) in [6.45, 7) is 5.99. The van der Waals surface area contributed by atoms with E-state index in [2.05, 4.69) is 48.4 Å². The second-order valence-electron chi connectivity index (χ2n) is 4.23. The van der Waals surface area contributed by atoms with Gasteiger partial charge in [0.15, 0.2) is 0 Å². The average Bonchev–Trinajstić information content (AvgIpc) is 2.55. The molecule has 1 unspecified atom stereocenters. The van der Waals surface area contributed by atoms with E-state index in [1.165, 1.54) is 23.8 Å². The van der Waals surface area contributed by atoms with Gasteiger partial charge in [-0.05, 0) is 31.8 Å². The Morgan fingerprint density at radius 3 is 2.45 bits per heavy atom. The normalized spacial score (nSPS) is 27.5. The molecule has 1 rings (SSSR count). The number of rotatable bonds is 4. The summed E-state index contributed by atoms with van der Waals surface area (Å²) in [6, 6.07) is 0.866. The first-order valence-electron chi connectivity index (χ1n) is 4.34. The molecule has 11 heavy (non-hydrogen) atoms. The molecular formula is C9H18IN. The van der Waals surface area contributed by atoms with Gasteiger partial charge in [-0.1, -0.05) is 36.4 Å². The summed E-state index contributed by atoms with van der Waals surface area (Å²) in [5.41, 5.74) is 0.611.